The lowest BCUT2D eigenvalue weighted by Gasteiger charge is -2.10. The predicted molar refractivity (Wildman–Crippen MR) is 105 cm³/mol. The number of hydrogen-bond donors (Lipinski definition) is 1. The van der Waals surface area contributed by atoms with E-state index in [4.69, 9.17) is 27.9 Å². The van der Waals surface area contributed by atoms with Crippen LogP contribution in [0.15, 0.2) is 77.9 Å². The van der Waals surface area contributed by atoms with Gasteiger partial charge in [-0.2, -0.15) is 5.10 Å². The number of nitrogens with zero attached hydrogens (tertiary/aromatic N) is 1. The summed E-state index contributed by atoms with van der Waals surface area (Å²) in [6, 6.07) is 22.7. The smallest absolute Gasteiger partial charge is 0.128 e. The van der Waals surface area contributed by atoms with E-state index in [1.54, 1.807) is 18.3 Å². The number of anilines is 1. The van der Waals surface area contributed by atoms with Gasteiger partial charge in [0, 0.05) is 21.2 Å². The Hall–Kier alpha value is -2.49. The SMILES string of the molecule is Clc1ccc(NN=Cc2ccccc2OCc2ccccc2Cl)cc1. The van der Waals surface area contributed by atoms with Gasteiger partial charge >= 0.3 is 0 Å². The van der Waals surface area contributed by atoms with Gasteiger partial charge in [0.05, 0.1) is 11.9 Å². The molecule has 0 saturated carbocycles. The van der Waals surface area contributed by atoms with Gasteiger partial charge in [0.25, 0.3) is 0 Å². The second kappa shape index (κ2) is 8.56. The molecule has 0 aliphatic carbocycles. The summed E-state index contributed by atoms with van der Waals surface area (Å²) in [7, 11) is 0. The first kappa shape index (κ1) is 17.3. The van der Waals surface area contributed by atoms with E-state index < -0.39 is 0 Å². The Morgan fingerprint density at radius 2 is 1.60 bits per heavy atom. The van der Waals surface area contributed by atoms with Crippen molar-refractivity contribution in [2.75, 3.05) is 5.43 Å². The molecule has 3 aromatic carbocycles. The number of ether oxygens (including phenoxy) is 1. The van der Waals surface area contributed by atoms with Crippen LogP contribution in [-0.4, -0.2) is 6.21 Å². The number of halogens is 2. The summed E-state index contributed by atoms with van der Waals surface area (Å²) >= 11 is 12.0. The first-order valence-corrected chi connectivity index (χ1v) is 8.48. The normalized spacial score (nSPS) is 10.8. The van der Waals surface area contributed by atoms with Crippen molar-refractivity contribution in [2.45, 2.75) is 6.61 Å². The molecule has 0 aliphatic heterocycles. The zero-order chi connectivity index (χ0) is 17.5. The minimum absolute atomic E-state index is 0.398. The summed E-state index contributed by atoms with van der Waals surface area (Å²) in [5, 5.41) is 5.63. The monoisotopic (exact) mass is 370 g/mol. The highest BCUT2D eigenvalue weighted by molar-refractivity contribution is 6.31. The number of para-hydroxylation sites is 1. The molecule has 3 aromatic rings. The van der Waals surface area contributed by atoms with E-state index >= 15 is 0 Å². The third-order valence-electron chi connectivity index (χ3n) is 3.50. The van der Waals surface area contributed by atoms with Crippen LogP contribution in [0.3, 0.4) is 0 Å². The molecule has 25 heavy (non-hydrogen) atoms. The van der Waals surface area contributed by atoms with Crippen molar-refractivity contribution in [1.29, 1.82) is 0 Å². The van der Waals surface area contributed by atoms with E-state index in [0.29, 0.717) is 16.7 Å². The van der Waals surface area contributed by atoms with Gasteiger partial charge in [-0.3, -0.25) is 5.43 Å². The van der Waals surface area contributed by atoms with Crippen molar-refractivity contribution >= 4 is 35.1 Å². The maximum Gasteiger partial charge on any atom is 0.128 e. The molecule has 3 nitrogen and oxygen atoms in total. The van der Waals surface area contributed by atoms with Crippen molar-refractivity contribution in [3.05, 3.63) is 94.0 Å². The van der Waals surface area contributed by atoms with Gasteiger partial charge < -0.3 is 4.74 Å². The quantitative estimate of drug-likeness (QED) is 0.425. The van der Waals surface area contributed by atoms with Gasteiger partial charge in [-0.05, 0) is 42.5 Å². The number of nitrogens with one attached hydrogen (secondary N) is 1. The minimum atomic E-state index is 0.398. The molecule has 0 fully saturated rings. The highest BCUT2D eigenvalue weighted by atomic mass is 35.5. The number of benzene rings is 3. The van der Waals surface area contributed by atoms with Gasteiger partial charge in [0.15, 0.2) is 0 Å². The van der Waals surface area contributed by atoms with Gasteiger partial charge in [-0.15, -0.1) is 0 Å². The van der Waals surface area contributed by atoms with Crippen molar-refractivity contribution < 1.29 is 4.74 Å². The number of hydrazone groups is 1. The molecule has 0 heterocycles. The van der Waals surface area contributed by atoms with Crippen molar-refractivity contribution in [2.24, 2.45) is 5.10 Å². The third-order valence-corrected chi connectivity index (χ3v) is 4.12. The molecule has 1 N–H and O–H groups in total. The average Bonchev–Trinajstić information content (AvgIpc) is 2.64. The van der Waals surface area contributed by atoms with Gasteiger partial charge in [0.1, 0.15) is 12.4 Å². The zero-order valence-corrected chi connectivity index (χ0v) is 14.8. The summed E-state index contributed by atoms with van der Waals surface area (Å²) in [6.07, 6.45) is 1.72. The second-order valence-electron chi connectivity index (χ2n) is 5.29. The lowest BCUT2D eigenvalue weighted by molar-refractivity contribution is 0.306. The van der Waals surface area contributed by atoms with Crippen LogP contribution in [0.1, 0.15) is 11.1 Å². The van der Waals surface area contributed by atoms with Crippen LogP contribution < -0.4 is 10.2 Å². The van der Waals surface area contributed by atoms with Gasteiger partial charge in [-0.1, -0.05) is 53.5 Å². The van der Waals surface area contributed by atoms with Crippen LogP contribution in [0.2, 0.25) is 10.0 Å². The average molecular weight is 371 g/mol. The highest BCUT2D eigenvalue weighted by Crippen LogP contribution is 2.21. The molecule has 126 valence electrons. The lowest BCUT2D eigenvalue weighted by Crippen LogP contribution is -1.99. The summed E-state index contributed by atoms with van der Waals surface area (Å²) in [4.78, 5) is 0. The van der Waals surface area contributed by atoms with E-state index in [1.165, 1.54) is 0 Å². The van der Waals surface area contributed by atoms with E-state index in [2.05, 4.69) is 10.5 Å². The Labute approximate surface area is 156 Å². The summed E-state index contributed by atoms with van der Waals surface area (Å²) in [5.41, 5.74) is 5.63. The largest absolute Gasteiger partial charge is 0.488 e. The number of hydrogen-bond acceptors (Lipinski definition) is 3. The second-order valence-corrected chi connectivity index (χ2v) is 6.14. The van der Waals surface area contributed by atoms with Gasteiger partial charge in [-0.25, -0.2) is 0 Å². The van der Waals surface area contributed by atoms with E-state index in [1.807, 2.05) is 60.7 Å². The fourth-order valence-electron chi connectivity index (χ4n) is 2.19. The first-order valence-electron chi connectivity index (χ1n) is 7.72. The Bertz CT molecular complexity index is 864. The predicted octanol–water partition coefficient (Wildman–Crippen LogP) is 6.02. The maximum absolute atomic E-state index is 6.17. The fraction of sp³-hybridized carbons (Fsp3) is 0.0500. The molecule has 5 heteroatoms. The highest BCUT2D eigenvalue weighted by Gasteiger charge is 2.03. The fourth-order valence-corrected chi connectivity index (χ4v) is 2.51. The first-order chi connectivity index (χ1) is 12.2. The molecule has 0 spiro atoms. The van der Waals surface area contributed by atoms with Crippen LogP contribution in [0.4, 0.5) is 5.69 Å². The van der Waals surface area contributed by atoms with Crippen LogP contribution in [0, 0.1) is 0 Å². The minimum Gasteiger partial charge on any atom is -0.488 e. The molecule has 3 rings (SSSR count). The van der Waals surface area contributed by atoms with Crippen LogP contribution in [0.25, 0.3) is 0 Å². The Morgan fingerprint density at radius 3 is 2.40 bits per heavy atom. The molecule has 0 unspecified atom stereocenters. The Kier molecular flexibility index (Phi) is 5.94. The topological polar surface area (TPSA) is 33.6 Å². The Morgan fingerprint density at radius 1 is 0.880 bits per heavy atom. The third kappa shape index (κ3) is 4.99. The van der Waals surface area contributed by atoms with E-state index in [0.717, 1.165) is 22.6 Å². The molecule has 0 saturated heterocycles. The van der Waals surface area contributed by atoms with E-state index in [9.17, 15) is 0 Å². The lowest BCUT2D eigenvalue weighted by atomic mass is 10.2. The molecule has 0 bridgehead atoms. The molecule has 0 aliphatic rings. The Balaban J connectivity index is 1.67. The zero-order valence-electron chi connectivity index (χ0n) is 13.3. The summed E-state index contributed by atoms with van der Waals surface area (Å²) in [6.45, 7) is 0.398. The number of rotatable bonds is 6. The summed E-state index contributed by atoms with van der Waals surface area (Å²) in [5.74, 6) is 0.740. The van der Waals surface area contributed by atoms with Crippen LogP contribution >= 0.6 is 23.2 Å². The standard InChI is InChI=1S/C20H16Cl2N2O/c21-17-9-11-18(12-10-17)24-23-13-15-5-2-4-8-20(15)25-14-16-6-1-3-7-19(16)22/h1-13,24H,14H2. The molecular formula is C20H16Cl2N2O. The molecule has 0 radical (unpaired) electrons. The van der Waals surface area contributed by atoms with Crippen molar-refractivity contribution in [1.82, 2.24) is 0 Å². The molecular weight excluding hydrogens is 355 g/mol. The van der Waals surface area contributed by atoms with Crippen LogP contribution in [-0.2, 0) is 6.61 Å². The molecule has 0 aromatic heterocycles. The maximum atomic E-state index is 6.17. The van der Waals surface area contributed by atoms with E-state index in [-0.39, 0.29) is 0 Å². The van der Waals surface area contributed by atoms with Crippen molar-refractivity contribution in [3.8, 4) is 5.75 Å². The van der Waals surface area contributed by atoms with Crippen LogP contribution in [0.5, 0.6) is 5.75 Å². The molecule has 0 amide bonds. The molecule has 0 atom stereocenters. The van der Waals surface area contributed by atoms with Crippen molar-refractivity contribution in [3.63, 3.8) is 0 Å². The summed E-state index contributed by atoms with van der Waals surface area (Å²) < 4.78 is 5.90. The van der Waals surface area contributed by atoms with Gasteiger partial charge in [0.2, 0.25) is 0 Å².